The van der Waals surface area contributed by atoms with Crippen molar-refractivity contribution in [1.82, 2.24) is 15.5 Å². The Labute approximate surface area is 176 Å². The van der Waals surface area contributed by atoms with Gasteiger partial charge in [0, 0.05) is 11.6 Å². The first-order chi connectivity index (χ1) is 13.7. The molecule has 0 bridgehead atoms. The number of amides is 1. The van der Waals surface area contributed by atoms with Crippen molar-refractivity contribution in [2.24, 2.45) is 0 Å². The predicted octanol–water partition coefficient (Wildman–Crippen LogP) is 4.74. The molecule has 0 aliphatic rings. The molecule has 146 valence electrons. The van der Waals surface area contributed by atoms with Crippen LogP contribution in [0.25, 0.3) is 0 Å². The van der Waals surface area contributed by atoms with E-state index in [0.29, 0.717) is 27.6 Å². The molecule has 6 nitrogen and oxygen atoms in total. The first kappa shape index (κ1) is 20.4. The molecular weight excluding hydrogens is 416 g/mol. The Balaban J connectivity index is 1.49. The second-order valence-electron chi connectivity index (χ2n) is 5.58. The zero-order valence-electron chi connectivity index (χ0n) is 15.1. The number of halogens is 1. The van der Waals surface area contributed by atoms with Crippen LogP contribution >= 0.6 is 34.7 Å². The number of benzene rings is 2. The normalized spacial score (nSPS) is 10.5. The molecule has 1 heterocycles. The first-order valence-electron chi connectivity index (χ1n) is 8.61. The highest BCUT2D eigenvalue weighted by molar-refractivity contribution is 8.01. The molecule has 3 rings (SSSR count). The second-order valence-corrected chi connectivity index (χ2v) is 8.19. The minimum atomic E-state index is -0.0867. The van der Waals surface area contributed by atoms with Crippen molar-refractivity contribution in [2.75, 3.05) is 17.7 Å². The van der Waals surface area contributed by atoms with Crippen molar-refractivity contribution in [3.05, 3.63) is 59.1 Å². The Kier molecular flexibility index (Phi) is 7.53. The molecule has 0 spiro atoms. The average molecular weight is 435 g/mol. The Bertz CT molecular complexity index is 936. The highest BCUT2D eigenvalue weighted by Gasteiger charge is 2.10. The Morgan fingerprint density at radius 1 is 1.18 bits per heavy atom. The summed E-state index contributed by atoms with van der Waals surface area (Å²) in [6.45, 7) is 2.92. The Morgan fingerprint density at radius 3 is 2.79 bits per heavy atom. The summed E-state index contributed by atoms with van der Waals surface area (Å²) in [5.74, 6) is 0.930. The van der Waals surface area contributed by atoms with Gasteiger partial charge in [-0.15, -0.1) is 10.2 Å². The number of aromatic nitrogens is 2. The lowest BCUT2D eigenvalue weighted by Gasteiger charge is -2.09. The van der Waals surface area contributed by atoms with Crippen LogP contribution < -0.4 is 15.4 Å². The van der Waals surface area contributed by atoms with Crippen LogP contribution in [0.15, 0.2) is 52.9 Å². The van der Waals surface area contributed by atoms with Gasteiger partial charge in [-0.3, -0.25) is 4.79 Å². The van der Waals surface area contributed by atoms with Crippen LogP contribution in [-0.2, 0) is 11.3 Å². The molecule has 0 saturated heterocycles. The summed E-state index contributed by atoms with van der Waals surface area (Å²) in [6.07, 6.45) is 0. The van der Waals surface area contributed by atoms with Gasteiger partial charge >= 0.3 is 0 Å². The molecule has 28 heavy (non-hydrogen) atoms. The lowest BCUT2D eigenvalue weighted by molar-refractivity contribution is -0.118. The fourth-order valence-electron chi connectivity index (χ4n) is 2.30. The number of carbonyl (C=O) groups excluding carboxylic acids is 1. The molecule has 2 N–H and O–H groups in total. The SMILES string of the molecule is CCOc1ccccc1Nc1nnc(SCC(=O)NCc2ccccc2Cl)s1. The van der Waals surface area contributed by atoms with Crippen LogP contribution in [0.3, 0.4) is 0 Å². The Hall–Kier alpha value is -2.29. The maximum Gasteiger partial charge on any atom is 0.230 e. The minimum absolute atomic E-state index is 0.0867. The number of ether oxygens (including phenoxy) is 1. The van der Waals surface area contributed by atoms with Crippen LogP contribution in [0.5, 0.6) is 5.75 Å². The number of para-hydroxylation sites is 2. The molecule has 0 atom stereocenters. The number of hydrogen-bond acceptors (Lipinski definition) is 7. The molecule has 9 heteroatoms. The van der Waals surface area contributed by atoms with E-state index in [1.807, 2.05) is 49.4 Å². The van der Waals surface area contributed by atoms with Gasteiger partial charge in [0.25, 0.3) is 0 Å². The van der Waals surface area contributed by atoms with E-state index < -0.39 is 0 Å². The first-order valence-corrected chi connectivity index (χ1v) is 10.8. The summed E-state index contributed by atoms with van der Waals surface area (Å²) in [6, 6.07) is 15.1. The predicted molar refractivity (Wildman–Crippen MR) is 115 cm³/mol. The zero-order chi connectivity index (χ0) is 19.8. The number of anilines is 2. The number of rotatable bonds is 9. The molecule has 1 amide bonds. The largest absolute Gasteiger partial charge is 0.492 e. The number of carbonyl (C=O) groups is 1. The molecule has 0 fully saturated rings. The van der Waals surface area contributed by atoms with E-state index in [1.54, 1.807) is 6.07 Å². The molecule has 3 aromatic rings. The van der Waals surface area contributed by atoms with Gasteiger partial charge in [-0.25, -0.2) is 0 Å². The van der Waals surface area contributed by atoms with Gasteiger partial charge in [0.15, 0.2) is 4.34 Å². The third-order valence-electron chi connectivity index (χ3n) is 3.60. The highest BCUT2D eigenvalue weighted by atomic mass is 35.5. The summed E-state index contributed by atoms with van der Waals surface area (Å²) in [5, 5.41) is 15.6. The standard InChI is InChI=1S/C19H19ClN4O2S2/c1-2-26-16-10-6-5-9-15(16)22-18-23-24-19(28-18)27-12-17(25)21-11-13-7-3-4-8-14(13)20/h3-10H,2,11-12H2,1H3,(H,21,25)(H,22,23). The number of hydrogen-bond donors (Lipinski definition) is 2. The maximum absolute atomic E-state index is 12.1. The Morgan fingerprint density at radius 2 is 1.96 bits per heavy atom. The fourth-order valence-corrected chi connectivity index (χ4v) is 4.10. The van der Waals surface area contributed by atoms with E-state index in [0.717, 1.165) is 17.0 Å². The molecule has 0 aliphatic heterocycles. The zero-order valence-corrected chi connectivity index (χ0v) is 17.5. The summed E-state index contributed by atoms with van der Waals surface area (Å²) >= 11 is 8.82. The monoisotopic (exact) mass is 434 g/mol. The molecular formula is C19H19ClN4O2S2. The molecule has 0 saturated carbocycles. The van der Waals surface area contributed by atoms with E-state index in [-0.39, 0.29) is 11.7 Å². The molecule has 0 aliphatic carbocycles. The third-order valence-corrected chi connectivity index (χ3v) is 5.94. The summed E-state index contributed by atoms with van der Waals surface area (Å²) in [4.78, 5) is 12.1. The molecule has 0 radical (unpaired) electrons. The van der Waals surface area contributed by atoms with E-state index in [1.165, 1.54) is 23.1 Å². The van der Waals surface area contributed by atoms with E-state index >= 15 is 0 Å². The second kappa shape index (κ2) is 10.3. The van der Waals surface area contributed by atoms with E-state index in [2.05, 4.69) is 20.8 Å². The summed E-state index contributed by atoms with van der Waals surface area (Å²) in [5.41, 5.74) is 1.72. The van der Waals surface area contributed by atoms with Crippen molar-refractivity contribution in [3.63, 3.8) is 0 Å². The maximum atomic E-state index is 12.1. The van der Waals surface area contributed by atoms with Crippen LogP contribution in [-0.4, -0.2) is 28.5 Å². The van der Waals surface area contributed by atoms with Gasteiger partial charge in [0.05, 0.1) is 18.0 Å². The number of thioether (sulfide) groups is 1. The fraction of sp³-hybridized carbons (Fsp3) is 0.211. The quantitative estimate of drug-likeness (QED) is 0.473. The van der Waals surface area contributed by atoms with Crippen molar-refractivity contribution < 1.29 is 9.53 Å². The summed E-state index contributed by atoms with van der Waals surface area (Å²) in [7, 11) is 0. The lowest BCUT2D eigenvalue weighted by Crippen LogP contribution is -2.24. The average Bonchev–Trinajstić information content (AvgIpc) is 3.15. The smallest absolute Gasteiger partial charge is 0.230 e. The number of nitrogens with zero attached hydrogens (tertiary/aromatic N) is 2. The van der Waals surface area contributed by atoms with Crippen molar-refractivity contribution in [3.8, 4) is 5.75 Å². The van der Waals surface area contributed by atoms with Crippen LogP contribution in [0.2, 0.25) is 5.02 Å². The van der Waals surface area contributed by atoms with Gasteiger partial charge in [-0.05, 0) is 30.7 Å². The minimum Gasteiger partial charge on any atom is -0.492 e. The molecule has 0 unspecified atom stereocenters. The van der Waals surface area contributed by atoms with Gasteiger partial charge in [-0.2, -0.15) is 0 Å². The highest BCUT2D eigenvalue weighted by Crippen LogP contribution is 2.31. The lowest BCUT2D eigenvalue weighted by atomic mass is 10.2. The molecule has 2 aromatic carbocycles. The van der Waals surface area contributed by atoms with Gasteiger partial charge in [-0.1, -0.05) is 65.0 Å². The molecule has 1 aromatic heterocycles. The van der Waals surface area contributed by atoms with Crippen LogP contribution in [0.4, 0.5) is 10.8 Å². The van der Waals surface area contributed by atoms with E-state index in [4.69, 9.17) is 16.3 Å². The number of nitrogens with one attached hydrogen (secondary N) is 2. The topological polar surface area (TPSA) is 76.1 Å². The van der Waals surface area contributed by atoms with Crippen molar-refractivity contribution in [1.29, 1.82) is 0 Å². The van der Waals surface area contributed by atoms with Crippen LogP contribution in [0.1, 0.15) is 12.5 Å². The van der Waals surface area contributed by atoms with Crippen molar-refractivity contribution in [2.45, 2.75) is 17.8 Å². The van der Waals surface area contributed by atoms with Gasteiger partial charge in [0.2, 0.25) is 11.0 Å². The van der Waals surface area contributed by atoms with Crippen LogP contribution in [0, 0.1) is 0 Å². The van der Waals surface area contributed by atoms with Gasteiger partial charge < -0.3 is 15.4 Å². The van der Waals surface area contributed by atoms with Gasteiger partial charge in [0.1, 0.15) is 5.75 Å². The van der Waals surface area contributed by atoms with Crippen molar-refractivity contribution >= 4 is 51.4 Å². The summed E-state index contributed by atoms with van der Waals surface area (Å²) < 4.78 is 6.31. The van der Waals surface area contributed by atoms with E-state index in [9.17, 15) is 4.79 Å². The third kappa shape index (κ3) is 5.85.